The number of methoxy groups -OCH3 is 1. The van der Waals surface area contributed by atoms with E-state index in [2.05, 4.69) is 0 Å². The number of hydrogen-bond donors (Lipinski definition) is 4. The van der Waals surface area contributed by atoms with Gasteiger partial charge < -0.3 is 29.9 Å². The van der Waals surface area contributed by atoms with Gasteiger partial charge in [0.1, 0.15) is 23.6 Å². The normalized spacial score (nSPS) is 32.4. The standard InChI is InChI=1S/C15H20O7S/c1-21-15-12(18)11(17)10(16)9(22-15)7-23-13(14(19)20)8-5-3-2-4-6-8/h2-6,9-13,15-18H,7H2,1H3,(H,19,20)/t9-,10+,11+,12-,13?,15-/m1/s1. The van der Waals surface area contributed by atoms with Gasteiger partial charge in [-0.25, -0.2) is 0 Å². The second-order valence-corrected chi connectivity index (χ2v) is 6.35. The zero-order valence-electron chi connectivity index (χ0n) is 12.5. The summed E-state index contributed by atoms with van der Waals surface area (Å²) in [5, 5.41) is 38.1. The zero-order chi connectivity index (χ0) is 17.0. The van der Waals surface area contributed by atoms with Crippen molar-refractivity contribution >= 4 is 17.7 Å². The van der Waals surface area contributed by atoms with Gasteiger partial charge in [0.05, 0.1) is 6.10 Å². The van der Waals surface area contributed by atoms with Crippen LogP contribution in [0.3, 0.4) is 0 Å². The van der Waals surface area contributed by atoms with E-state index in [9.17, 15) is 25.2 Å². The summed E-state index contributed by atoms with van der Waals surface area (Å²) < 4.78 is 10.3. The number of carbonyl (C=O) groups is 1. The first-order valence-corrected chi connectivity index (χ1v) is 8.12. The van der Waals surface area contributed by atoms with Gasteiger partial charge in [0.25, 0.3) is 0 Å². The Balaban J connectivity index is 2.04. The van der Waals surface area contributed by atoms with Gasteiger partial charge in [-0.1, -0.05) is 30.3 Å². The Labute approximate surface area is 137 Å². The molecule has 1 aliphatic rings. The van der Waals surface area contributed by atoms with Crippen molar-refractivity contribution in [3.05, 3.63) is 35.9 Å². The summed E-state index contributed by atoms with van der Waals surface area (Å²) in [5.74, 6) is -0.883. The van der Waals surface area contributed by atoms with Crippen molar-refractivity contribution < 1.29 is 34.7 Å². The van der Waals surface area contributed by atoms with Crippen LogP contribution in [0.2, 0.25) is 0 Å². The molecule has 1 heterocycles. The summed E-state index contributed by atoms with van der Waals surface area (Å²) in [4.78, 5) is 11.5. The fourth-order valence-electron chi connectivity index (χ4n) is 2.38. The SMILES string of the molecule is CO[C@@H]1O[C@H](CSC(C(=O)O)c2ccccc2)[C@H](O)[C@H](O)[C@H]1O. The average molecular weight is 344 g/mol. The third-order valence-corrected chi connectivity index (χ3v) is 4.98. The Bertz CT molecular complexity index is 510. The molecule has 1 aromatic rings. The van der Waals surface area contributed by atoms with Crippen LogP contribution >= 0.6 is 11.8 Å². The molecule has 0 amide bonds. The average Bonchev–Trinajstić information content (AvgIpc) is 2.55. The Morgan fingerprint density at radius 2 is 1.87 bits per heavy atom. The van der Waals surface area contributed by atoms with Crippen molar-refractivity contribution in [2.75, 3.05) is 12.9 Å². The summed E-state index contributed by atoms with van der Waals surface area (Å²) in [6.07, 6.45) is -6.03. The van der Waals surface area contributed by atoms with E-state index in [1.54, 1.807) is 30.3 Å². The second-order valence-electron chi connectivity index (χ2n) is 5.21. The molecular weight excluding hydrogens is 324 g/mol. The molecule has 0 bridgehead atoms. The monoisotopic (exact) mass is 344 g/mol. The van der Waals surface area contributed by atoms with Crippen LogP contribution in [0.25, 0.3) is 0 Å². The molecule has 0 aliphatic carbocycles. The first kappa shape index (κ1) is 18.2. The lowest BCUT2D eigenvalue weighted by Gasteiger charge is -2.39. The molecule has 7 nitrogen and oxygen atoms in total. The van der Waals surface area contributed by atoms with Crippen LogP contribution in [0.5, 0.6) is 0 Å². The summed E-state index contributed by atoms with van der Waals surface area (Å²) in [6.45, 7) is 0. The van der Waals surface area contributed by atoms with E-state index in [1.807, 2.05) is 0 Å². The van der Waals surface area contributed by atoms with Gasteiger partial charge in [-0.3, -0.25) is 4.79 Å². The quantitative estimate of drug-likeness (QED) is 0.570. The highest BCUT2D eigenvalue weighted by Gasteiger charge is 2.44. The molecule has 128 valence electrons. The van der Waals surface area contributed by atoms with Gasteiger partial charge in [-0.15, -0.1) is 11.8 Å². The molecular formula is C15H20O7S. The van der Waals surface area contributed by atoms with Gasteiger partial charge in [-0.2, -0.15) is 0 Å². The van der Waals surface area contributed by atoms with E-state index in [0.29, 0.717) is 5.56 Å². The van der Waals surface area contributed by atoms with Crippen LogP contribution in [0.15, 0.2) is 30.3 Å². The molecule has 0 saturated carbocycles. The van der Waals surface area contributed by atoms with Crippen molar-refractivity contribution in [2.45, 2.75) is 36.0 Å². The number of ether oxygens (including phenoxy) is 2. The number of aliphatic hydroxyl groups is 3. The van der Waals surface area contributed by atoms with E-state index in [0.717, 1.165) is 11.8 Å². The van der Waals surface area contributed by atoms with Gasteiger partial charge in [0.15, 0.2) is 6.29 Å². The van der Waals surface area contributed by atoms with E-state index in [-0.39, 0.29) is 5.75 Å². The van der Waals surface area contributed by atoms with Crippen molar-refractivity contribution in [3.63, 3.8) is 0 Å². The van der Waals surface area contributed by atoms with E-state index < -0.39 is 41.9 Å². The number of aliphatic carboxylic acids is 1. The molecule has 0 aromatic heterocycles. The molecule has 0 spiro atoms. The number of thioether (sulfide) groups is 1. The maximum atomic E-state index is 11.5. The lowest BCUT2D eigenvalue weighted by atomic mass is 10.00. The zero-order valence-corrected chi connectivity index (χ0v) is 13.3. The molecule has 6 atom stereocenters. The van der Waals surface area contributed by atoms with Crippen LogP contribution in [0.4, 0.5) is 0 Å². The molecule has 0 radical (unpaired) electrons. The topological polar surface area (TPSA) is 116 Å². The van der Waals surface area contributed by atoms with E-state index in [1.165, 1.54) is 7.11 Å². The van der Waals surface area contributed by atoms with Crippen molar-refractivity contribution in [1.82, 2.24) is 0 Å². The predicted octanol–water partition coefficient (Wildman–Crippen LogP) is -0.000500. The van der Waals surface area contributed by atoms with Crippen LogP contribution in [-0.2, 0) is 14.3 Å². The minimum absolute atomic E-state index is 0.122. The molecule has 4 N–H and O–H groups in total. The van der Waals surface area contributed by atoms with Crippen molar-refractivity contribution in [2.24, 2.45) is 0 Å². The Morgan fingerprint density at radius 1 is 1.22 bits per heavy atom. The van der Waals surface area contributed by atoms with E-state index in [4.69, 9.17) is 9.47 Å². The molecule has 1 unspecified atom stereocenters. The highest BCUT2D eigenvalue weighted by atomic mass is 32.2. The highest BCUT2D eigenvalue weighted by Crippen LogP contribution is 2.32. The number of benzene rings is 1. The van der Waals surface area contributed by atoms with Crippen LogP contribution < -0.4 is 0 Å². The Kier molecular flexibility index (Phi) is 6.40. The number of carboxylic acid groups (broad SMARTS) is 1. The summed E-state index contributed by atoms with van der Waals surface area (Å²) in [6, 6.07) is 8.71. The predicted molar refractivity (Wildman–Crippen MR) is 83.0 cm³/mol. The first-order chi connectivity index (χ1) is 11.0. The minimum atomic E-state index is -1.42. The van der Waals surface area contributed by atoms with Crippen LogP contribution in [-0.4, -0.2) is 70.0 Å². The fraction of sp³-hybridized carbons (Fsp3) is 0.533. The van der Waals surface area contributed by atoms with Crippen LogP contribution in [0.1, 0.15) is 10.8 Å². The Morgan fingerprint density at radius 3 is 2.43 bits per heavy atom. The summed E-state index contributed by atoms with van der Waals surface area (Å²) >= 11 is 1.08. The maximum Gasteiger partial charge on any atom is 0.321 e. The smallest absolute Gasteiger partial charge is 0.321 e. The van der Waals surface area contributed by atoms with Gasteiger partial charge in [0.2, 0.25) is 0 Å². The van der Waals surface area contributed by atoms with Crippen LogP contribution in [0, 0.1) is 0 Å². The number of hydrogen-bond acceptors (Lipinski definition) is 7. The lowest BCUT2D eigenvalue weighted by Crippen LogP contribution is -2.58. The third kappa shape index (κ3) is 4.23. The number of aliphatic hydroxyl groups excluding tert-OH is 3. The molecule has 8 heteroatoms. The first-order valence-electron chi connectivity index (χ1n) is 7.07. The number of carboxylic acids is 1. The van der Waals surface area contributed by atoms with Crippen molar-refractivity contribution in [3.8, 4) is 0 Å². The third-order valence-electron chi connectivity index (χ3n) is 3.65. The summed E-state index contributed by atoms with van der Waals surface area (Å²) in [5.41, 5.74) is 0.624. The largest absolute Gasteiger partial charge is 0.480 e. The minimum Gasteiger partial charge on any atom is -0.480 e. The Hall–Kier alpha value is -1.16. The molecule has 1 aliphatic heterocycles. The molecule has 2 rings (SSSR count). The molecule has 1 saturated heterocycles. The molecule has 1 fully saturated rings. The van der Waals surface area contributed by atoms with Gasteiger partial charge in [-0.05, 0) is 5.56 Å². The van der Waals surface area contributed by atoms with E-state index >= 15 is 0 Å². The highest BCUT2D eigenvalue weighted by molar-refractivity contribution is 8.00. The van der Waals surface area contributed by atoms with Crippen molar-refractivity contribution in [1.29, 1.82) is 0 Å². The maximum absolute atomic E-state index is 11.5. The summed E-state index contributed by atoms with van der Waals surface area (Å²) in [7, 11) is 1.31. The molecule has 23 heavy (non-hydrogen) atoms. The molecule has 1 aromatic carbocycles. The number of rotatable bonds is 6. The second kappa shape index (κ2) is 8.09. The fourth-order valence-corrected chi connectivity index (χ4v) is 3.53. The van der Waals surface area contributed by atoms with Gasteiger partial charge in [0, 0.05) is 12.9 Å². The lowest BCUT2D eigenvalue weighted by molar-refractivity contribution is -0.284. The van der Waals surface area contributed by atoms with Gasteiger partial charge >= 0.3 is 5.97 Å².